The van der Waals surface area contributed by atoms with Crippen LogP contribution >= 0.6 is 22.7 Å². The monoisotopic (exact) mass is 472 g/mol. The third-order valence-corrected chi connectivity index (χ3v) is 5.53. The summed E-state index contributed by atoms with van der Waals surface area (Å²) in [4.78, 5) is 17.2. The lowest BCUT2D eigenvalue weighted by Crippen LogP contribution is -2.14. The molecule has 3 aromatic heterocycles. The number of rotatable bonds is 5. The second-order valence-corrected chi connectivity index (χ2v) is 7.85. The molecule has 1 amide bonds. The Morgan fingerprint density at radius 3 is 2.58 bits per heavy atom. The van der Waals surface area contributed by atoms with Crippen molar-refractivity contribution in [3.63, 3.8) is 0 Å². The quantitative estimate of drug-likeness (QED) is 0.411. The van der Waals surface area contributed by atoms with Gasteiger partial charge in [-0.2, -0.15) is 13.2 Å². The number of carbonyl (C=O) groups excluding carboxylic acids is 1. The number of hydrogen-bond acceptors (Lipinski definition) is 7. The van der Waals surface area contributed by atoms with E-state index >= 15 is 0 Å². The maximum atomic E-state index is 13.1. The fraction of sp³-hybridized carbons (Fsp3) is 0.118. The third-order valence-electron chi connectivity index (χ3n) is 3.82. The molecule has 0 saturated heterocycles. The van der Waals surface area contributed by atoms with Crippen LogP contribution in [0.25, 0.3) is 16.4 Å². The second kappa shape index (κ2) is 8.11. The summed E-state index contributed by atoms with van der Waals surface area (Å²) in [7, 11) is 0. The topological polar surface area (TPSA) is 85.6 Å². The van der Waals surface area contributed by atoms with Gasteiger partial charge in [-0.15, -0.1) is 26.6 Å². The lowest BCUT2D eigenvalue weighted by atomic mass is 10.2. The molecule has 0 aliphatic heterocycles. The molecule has 4 aromatic rings. The smallest absolute Gasteiger partial charge is 0.294 e. The number of alkyl halides is 5. The third kappa shape index (κ3) is 4.44. The summed E-state index contributed by atoms with van der Waals surface area (Å²) in [5, 5.41) is 14.0. The van der Waals surface area contributed by atoms with Gasteiger partial charge in [0, 0.05) is 0 Å². The minimum Gasteiger partial charge on any atom is -0.294 e. The molecule has 0 bridgehead atoms. The van der Waals surface area contributed by atoms with Crippen molar-refractivity contribution in [2.75, 3.05) is 5.32 Å². The highest BCUT2D eigenvalue weighted by atomic mass is 32.1. The fourth-order valence-corrected chi connectivity index (χ4v) is 3.79. The second-order valence-electron chi connectivity index (χ2n) is 5.90. The zero-order valence-corrected chi connectivity index (χ0v) is 16.6. The Morgan fingerprint density at radius 1 is 1.13 bits per heavy atom. The number of amides is 1. The summed E-state index contributed by atoms with van der Waals surface area (Å²) in [6, 6.07) is 7.77. The summed E-state index contributed by atoms with van der Waals surface area (Å²) in [6.45, 7) is 0. The van der Waals surface area contributed by atoms with Gasteiger partial charge in [-0.05, 0) is 29.6 Å². The average Bonchev–Trinajstić information content (AvgIpc) is 3.47. The molecule has 1 N–H and O–H groups in total. The normalized spacial score (nSPS) is 11.8. The summed E-state index contributed by atoms with van der Waals surface area (Å²) < 4.78 is 65.8. The van der Waals surface area contributed by atoms with Gasteiger partial charge in [0.05, 0.1) is 16.1 Å². The number of nitrogens with zero attached hydrogens (tertiary/aromatic N) is 5. The van der Waals surface area contributed by atoms with E-state index in [2.05, 4.69) is 25.6 Å². The molecule has 160 valence electrons. The van der Waals surface area contributed by atoms with Crippen molar-refractivity contribution < 1.29 is 26.7 Å². The van der Waals surface area contributed by atoms with Crippen molar-refractivity contribution >= 4 is 33.7 Å². The standard InChI is InChI=1S/C17H9F5N6OS2/c18-11(19)15-25-26-16(31-15)24-14(29)12-23-13(10-5-2-6-30-10)28(27-12)9-4-1-3-8(7-9)17(20,21)22/h1-7,11H,(H,24,26,29). The van der Waals surface area contributed by atoms with Gasteiger partial charge >= 0.3 is 6.18 Å². The van der Waals surface area contributed by atoms with Crippen molar-refractivity contribution in [2.45, 2.75) is 12.6 Å². The van der Waals surface area contributed by atoms with E-state index in [1.54, 1.807) is 17.5 Å². The van der Waals surface area contributed by atoms with Gasteiger partial charge in [-0.3, -0.25) is 10.1 Å². The molecule has 14 heteroatoms. The van der Waals surface area contributed by atoms with Gasteiger partial charge in [0.2, 0.25) is 11.0 Å². The largest absolute Gasteiger partial charge is 0.416 e. The Balaban J connectivity index is 1.72. The van der Waals surface area contributed by atoms with E-state index in [9.17, 15) is 26.7 Å². The molecule has 0 atom stereocenters. The first kappa shape index (κ1) is 21.0. The number of benzene rings is 1. The maximum Gasteiger partial charge on any atom is 0.416 e. The minimum absolute atomic E-state index is 0.0423. The van der Waals surface area contributed by atoms with Crippen molar-refractivity contribution in [1.29, 1.82) is 0 Å². The summed E-state index contributed by atoms with van der Waals surface area (Å²) >= 11 is 1.73. The fourth-order valence-electron chi connectivity index (χ4n) is 2.49. The highest BCUT2D eigenvalue weighted by molar-refractivity contribution is 7.15. The molecule has 0 spiro atoms. The van der Waals surface area contributed by atoms with Crippen LogP contribution in [0.3, 0.4) is 0 Å². The van der Waals surface area contributed by atoms with Gasteiger partial charge < -0.3 is 0 Å². The lowest BCUT2D eigenvalue weighted by molar-refractivity contribution is -0.137. The Labute approximate surface area is 178 Å². The SMILES string of the molecule is O=C(Nc1nnc(C(F)F)s1)c1nc(-c2cccs2)n(-c2cccc(C(F)(F)F)c2)n1. The first-order valence-corrected chi connectivity index (χ1v) is 10.0. The van der Waals surface area contributed by atoms with E-state index in [0.717, 1.165) is 16.8 Å². The van der Waals surface area contributed by atoms with E-state index in [0.29, 0.717) is 16.2 Å². The van der Waals surface area contributed by atoms with Crippen LogP contribution in [-0.4, -0.2) is 30.9 Å². The van der Waals surface area contributed by atoms with Crippen LogP contribution < -0.4 is 5.32 Å². The highest BCUT2D eigenvalue weighted by Crippen LogP contribution is 2.32. The van der Waals surface area contributed by atoms with Crippen LogP contribution in [0, 0.1) is 0 Å². The Kier molecular flexibility index (Phi) is 5.49. The van der Waals surface area contributed by atoms with Crippen LogP contribution in [-0.2, 0) is 6.18 Å². The molecule has 4 rings (SSSR count). The number of aromatic nitrogens is 5. The van der Waals surface area contributed by atoms with Crippen LogP contribution in [0.15, 0.2) is 41.8 Å². The van der Waals surface area contributed by atoms with Crippen molar-refractivity contribution in [2.24, 2.45) is 0 Å². The Hall–Kier alpha value is -3.26. The van der Waals surface area contributed by atoms with Crippen LogP contribution in [0.4, 0.5) is 27.1 Å². The Bertz CT molecular complexity index is 1220. The van der Waals surface area contributed by atoms with Crippen molar-refractivity contribution in [1.82, 2.24) is 25.0 Å². The van der Waals surface area contributed by atoms with Crippen molar-refractivity contribution in [3.8, 4) is 16.4 Å². The summed E-state index contributed by atoms with van der Waals surface area (Å²) in [6.07, 6.45) is -7.41. The number of nitrogens with one attached hydrogen (secondary N) is 1. The van der Waals surface area contributed by atoms with Gasteiger partial charge in [-0.25, -0.2) is 18.4 Å². The van der Waals surface area contributed by atoms with Crippen LogP contribution in [0.5, 0.6) is 0 Å². The average molecular weight is 472 g/mol. The number of halogens is 5. The Morgan fingerprint density at radius 2 is 1.94 bits per heavy atom. The highest BCUT2D eigenvalue weighted by Gasteiger charge is 2.31. The zero-order chi connectivity index (χ0) is 22.2. The van der Waals surface area contributed by atoms with Gasteiger partial charge in [0.25, 0.3) is 12.3 Å². The number of hydrogen-bond donors (Lipinski definition) is 1. The summed E-state index contributed by atoms with van der Waals surface area (Å²) in [5.41, 5.74) is -0.849. The predicted molar refractivity (Wildman–Crippen MR) is 102 cm³/mol. The van der Waals surface area contributed by atoms with E-state index in [1.165, 1.54) is 23.5 Å². The molecule has 31 heavy (non-hydrogen) atoms. The molecule has 1 aromatic carbocycles. The molecular formula is C17H9F5N6OS2. The maximum absolute atomic E-state index is 13.1. The molecule has 0 unspecified atom stereocenters. The van der Waals surface area contributed by atoms with E-state index < -0.39 is 29.1 Å². The first-order chi connectivity index (χ1) is 14.7. The number of thiophene rings is 1. The van der Waals surface area contributed by atoms with E-state index in [4.69, 9.17) is 0 Å². The zero-order valence-electron chi connectivity index (χ0n) is 15.0. The molecule has 0 saturated carbocycles. The van der Waals surface area contributed by atoms with Gasteiger partial charge in [-0.1, -0.05) is 23.5 Å². The van der Waals surface area contributed by atoms with Crippen LogP contribution in [0.2, 0.25) is 0 Å². The molecule has 0 radical (unpaired) electrons. The molecule has 0 aliphatic carbocycles. The predicted octanol–water partition coefficient (Wildman–Crippen LogP) is 5.06. The summed E-state index contributed by atoms with van der Waals surface area (Å²) in [5.74, 6) is -1.11. The van der Waals surface area contributed by atoms with E-state index in [-0.39, 0.29) is 22.5 Å². The van der Waals surface area contributed by atoms with E-state index in [1.807, 2.05) is 0 Å². The van der Waals surface area contributed by atoms with Gasteiger partial charge in [0.15, 0.2) is 10.8 Å². The molecule has 3 heterocycles. The molecule has 0 aliphatic rings. The number of anilines is 1. The van der Waals surface area contributed by atoms with Crippen molar-refractivity contribution in [3.05, 3.63) is 58.2 Å². The first-order valence-electron chi connectivity index (χ1n) is 8.34. The minimum atomic E-state index is -4.57. The molecule has 0 fully saturated rings. The van der Waals surface area contributed by atoms with Crippen LogP contribution in [0.1, 0.15) is 27.6 Å². The molecular weight excluding hydrogens is 463 g/mol. The number of carbonyl (C=O) groups is 1. The van der Waals surface area contributed by atoms with Gasteiger partial charge in [0.1, 0.15) is 0 Å². The molecule has 7 nitrogen and oxygen atoms in total. The lowest BCUT2D eigenvalue weighted by Gasteiger charge is -2.09.